The van der Waals surface area contributed by atoms with Crippen LogP contribution < -0.4 is 10.2 Å². The normalized spacial score (nSPS) is 21.8. The molecule has 0 bridgehead atoms. The number of amides is 1. The molecule has 0 radical (unpaired) electrons. The maximum Gasteiger partial charge on any atom is 0.243 e. The van der Waals surface area contributed by atoms with Gasteiger partial charge < -0.3 is 10.2 Å². The largest absolute Gasteiger partial charge is 0.350 e. The highest BCUT2D eigenvalue weighted by molar-refractivity contribution is 7.16. The zero-order valence-electron chi connectivity index (χ0n) is 18.7. The van der Waals surface area contributed by atoms with Gasteiger partial charge in [-0.3, -0.25) is 9.69 Å². The molecule has 2 atom stereocenters. The Kier molecular flexibility index (Phi) is 6.37. The van der Waals surface area contributed by atoms with Gasteiger partial charge in [0.15, 0.2) is 0 Å². The lowest BCUT2D eigenvalue weighted by molar-refractivity contribution is -0.122. The van der Waals surface area contributed by atoms with E-state index in [9.17, 15) is 4.79 Å². The number of aromatic nitrogens is 2. The molecule has 0 saturated carbocycles. The van der Waals surface area contributed by atoms with Crippen molar-refractivity contribution in [2.24, 2.45) is 0 Å². The summed E-state index contributed by atoms with van der Waals surface area (Å²) in [6.07, 6.45) is 7.35. The van der Waals surface area contributed by atoms with Gasteiger partial charge in [0, 0.05) is 25.7 Å². The molecule has 2 unspecified atom stereocenters. The van der Waals surface area contributed by atoms with E-state index in [0.717, 1.165) is 48.5 Å². The zero-order valence-corrected chi connectivity index (χ0v) is 19.5. The molecule has 4 heterocycles. The van der Waals surface area contributed by atoms with Gasteiger partial charge >= 0.3 is 0 Å². The van der Waals surface area contributed by atoms with E-state index in [4.69, 9.17) is 0 Å². The summed E-state index contributed by atoms with van der Waals surface area (Å²) in [5, 5.41) is 6.31. The highest BCUT2D eigenvalue weighted by atomic mass is 32.1. The zero-order chi connectivity index (χ0) is 21.9. The number of hydrogen-bond donors (Lipinski definition) is 1. The van der Waals surface area contributed by atoms with Crippen molar-refractivity contribution in [3.63, 3.8) is 0 Å². The van der Waals surface area contributed by atoms with E-state index in [1.165, 1.54) is 30.4 Å². The van der Waals surface area contributed by atoms with Gasteiger partial charge in [0.1, 0.15) is 23.0 Å². The minimum absolute atomic E-state index is 0.0886. The maximum absolute atomic E-state index is 13.2. The summed E-state index contributed by atoms with van der Waals surface area (Å²) >= 11 is 1.61. The second kappa shape index (κ2) is 9.55. The SMILES string of the molecule is CC1CCCCN1Cc1ccccc1CNC(=O)C1CCCN1c1ncnc2sccc12. The number of piperidine rings is 1. The van der Waals surface area contributed by atoms with Gasteiger partial charge in [-0.05, 0) is 61.7 Å². The Balaban J connectivity index is 1.27. The van der Waals surface area contributed by atoms with Crippen LogP contribution in [0.3, 0.4) is 0 Å². The number of nitrogens with one attached hydrogen (secondary N) is 1. The van der Waals surface area contributed by atoms with E-state index in [1.54, 1.807) is 17.7 Å². The van der Waals surface area contributed by atoms with Crippen LogP contribution in [-0.4, -0.2) is 45.9 Å². The minimum atomic E-state index is -0.178. The van der Waals surface area contributed by atoms with E-state index in [-0.39, 0.29) is 11.9 Å². The van der Waals surface area contributed by atoms with Crippen LogP contribution in [0.25, 0.3) is 10.2 Å². The lowest BCUT2D eigenvalue weighted by Gasteiger charge is -2.34. The quantitative estimate of drug-likeness (QED) is 0.606. The van der Waals surface area contributed by atoms with Gasteiger partial charge in [0.25, 0.3) is 0 Å². The third-order valence-corrected chi connectivity index (χ3v) is 7.77. The molecule has 32 heavy (non-hydrogen) atoms. The maximum atomic E-state index is 13.2. The molecular formula is C25H31N5OS. The van der Waals surface area contributed by atoms with E-state index < -0.39 is 0 Å². The van der Waals surface area contributed by atoms with Crippen LogP contribution in [0.4, 0.5) is 5.82 Å². The molecule has 1 amide bonds. The minimum Gasteiger partial charge on any atom is -0.350 e. The van der Waals surface area contributed by atoms with Gasteiger partial charge in [-0.25, -0.2) is 9.97 Å². The first-order chi connectivity index (χ1) is 15.7. The molecule has 2 aliphatic rings. The molecular weight excluding hydrogens is 418 g/mol. The van der Waals surface area contributed by atoms with Crippen molar-refractivity contribution in [3.05, 3.63) is 53.2 Å². The molecule has 0 aliphatic carbocycles. The summed E-state index contributed by atoms with van der Waals surface area (Å²) in [4.78, 5) is 27.8. The van der Waals surface area contributed by atoms with Gasteiger partial charge in [0.05, 0.1) is 5.39 Å². The predicted molar refractivity (Wildman–Crippen MR) is 130 cm³/mol. The van der Waals surface area contributed by atoms with Gasteiger partial charge in [-0.1, -0.05) is 30.7 Å². The Labute approximate surface area is 193 Å². The van der Waals surface area contributed by atoms with Crippen LogP contribution in [0.5, 0.6) is 0 Å². The number of hydrogen-bond acceptors (Lipinski definition) is 6. The van der Waals surface area contributed by atoms with Crippen LogP contribution in [-0.2, 0) is 17.9 Å². The van der Waals surface area contributed by atoms with Crippen LogP contribution in [0.1, 0.15) is 50.2 Å². The second-order valence-corrected chi connectivity index (χ2v) is 9.88. The Morgan fingerprint density at radius 2 is 1.97 bits per heavy atom. The number of nitrogens with zero attached hydrogens (tertiary/aromatic N) is 4. The summed E-state index contributed by atoms with van der Waals surface area (Å²) in [5.74, 6) is 0.971. The summed E-state index contributed by atoms with van der Waals surface area (Å²) in [6.45, 7) is 5.87. The summed E-state index contributed by atoms with van der Waals surface area (Å²) in [7, 11) is 0. The standard InChI is InChI=1S/C25H31N5OS/c1-18-7-4-5-12-29(18)16-20-9-3-2-8-19(20)15-26-24(31)22-10-6-13-30(22)23-21-11-14-32-25(21)28-17-27-23/h2-3,8-9,11,14,17-18,22H,4-7,10,12-13,15-16H2,1H3,(H,26,31). The Morgan fingerprint density at radius 3 is 2.84 bits per heavy atom. The van der Waals surface area contributed by atoms with Gasteiger partial charge in [-0.15, -0.1) is 11.3 Å². The summed E-state index contributed by atoms with van der Waals surface area (Å²) in [5.41, 5.74) is 2.53. The fourth-order valence-electron chi connectivity index (χ4n) is 5.09. The third kappa shape index (κ3) is 4.36. The molecule has 7 heteroatoms. The average molecular weight is 450 g/mol. The predicted octanol–water partition coefficient (Wildman–Crippen LogP) is 4.35. The van der Waals surface area contributed by atoms with Crippen LogP contribution in [0, 0.1) is 0 Å². The molecule has 3 aromatic rings. The number of carbonyl (C=O) groups excluding carboxylic acids is 1. The fraction of sp³-hybridized carbons (Fsp3) is 0.480. The number of carbonyl (C=O) groups is 1. The fourth-order valence-corrected chi connectivity index (χ4v) is 5.82. The highest BCUT2D eigenvalue weighted by Gasteiger charge is 2.32. The van der Waals surface area contributed by atoms with Gasteiger partial charge in [0.2, 0.25) is 5.91 Å². The van der Waals surface area contributed by atoms with Crippen molar-refractivity contribution in [1.29, 1.82) is 0 Å². The van der Waals surface area contributed by atoms with Crippen molar-refractivity contribution in [1.82, 2.24) is 20.2 Å². The van der Waals surface area contributed by atoms with Crippen molar-refractivity contribution in [2.75, 3.05) is 18.0 Å². The summed E-state index contributed by atoms with van der Waals surface area (Å²) in [6, 6.07) is 11.0. The van der Waals surface area contributed by atoms with Crippen LogP contribution in [0.15, 0.2) is 42.0 Å². The first-order valence-electron chi connectivity index (χ1n) is 11.7. The number of anilines is 1. The smallest absolute Gasteiger partial charge is 0.243 e. The Bertz CT molecular complexity index is 1080. The van der Waals surface area contributed by atoms with E-state index in [1.807, 2.05) is 5.38 Å². The molecule has 2 aromatic heterocycles. The lowest BCUT2D eigenvalue weighted by Crippen LogP contribution is -2.43. The van der Waals surface area contributed by atoms with Gasteiger partial charge in [-0.2, -0.15) is 0 Å². The number of benzene rings is 1. The van der Waals surface area contributed by atoms with E-state index in [0.29, 0.717) is 12.6 Å². The number of rotatable bonds is 6. The van der Waals surface area contributed by atoms with Crippen molar-refractivity contribution in [2.45, 2.75) is 64.2 Å². The highest BCUT2D eigenvalue weighted by Crippen LogP contribution is 2.31. The monoisotopic (exact) mass is 449 g/mol. The topological polar surface area (TPSA) is 61.4 Å². The van der Waals surface area contributed by atoms with Crippen LogP contribution >= 0.6 is 11.3 Å². The van der Waals surface area contributed by atoms with E-state index >= 15 is 0 Å². The number of fused-ring (bicyclic) bond motifs is 1. The molecule has 2 fully saturated rings. The molecule has 168 valence electrons. The van der Waals surface area contributed by atoms with Crippen molar-refractivity contribution in [3.8, 4) is 0 Å². The summed E-state index contributed by atoms with van der Waals surface area (Å²) < 4.78 is 0. The average Bonchev–Trinajstić information content (AvgIpc) is 3.49. The van der Waals surface area contributed by atoms with E-state index in [2.05, 4.69) is 62.3 Å². The lowest BCUT2D eigenvalue weighted by atomic mass is 10.0. The molecule has 2 aliphatic heterocycles. The molecule has 1 aromatic carbocycles. The second-order valence-electron chi connectivity index (χ2n) is 8.99. The molecule has 0 spiro atoms. The first-order valence-corrected chi connectivity index (χ1v) is 12.6. The molecule has 1 N–H and O–H groups in total. The van der Waals surface area contributed by atoms with Crippen molar-refractivity contribution < 1.29 is 4.79 Å². The van der Waals surface area contributed by atoms with Crippen molar-refractivity contribution >= 4 is 33.3 Å². The Morgan fingerprint density at radius 1 is 1.09 bits per heavy atom. The molecule has 2 saturated heterocycles. The first kappa shape index (κ1) is 21.3. The third-order valence-electron chi connectivity index (χ3n) is 6.95. The Hall–Kier alpha value is -2.51. The number of thiophene rings is 1. The molecule has 5 rings (SSSR count). The molecule has 6 nitrogen and oxygen atoms in total. The number of likely N-dealkylation sites (tertiary alicyclic amines) is 1. The van der Waals surface area contributed by atoms with Crippen LogP contribution in [0.2, 0.25) is 0 Å².